The predicted molar refractivity (Wildman–Crippen MR) is 273 cm³/mol. The Morgan fingerprint density at radius 2 is 1.19 bits per heavy atom. The standard InChI is InChI=1S/C44H58N16O18S/c45-23(38(72)57-26(12-34(69)70)41(75)58-27(19-79)43(77)78)15-49-29(62)16-52-39(73)24(7-9-32(65)66)56-31(64)18-53-40(74)25(8-10-33(67)68)55-30(63)17-50-28(61)2-1-11-47-37(71)20-3-5-21(6-4-20)48-13-22-14-51-36-35(54-22)42(76)60-44(46)59-36/h3-6,14,23-27,48,79H,1-2,7-13,15-19,45H2,(H,47,71)(H,49,62)(H,50,61)(H,52,73)(H,53,74)(H,55,63)(H,56,64)(H,57,72)(H,58,75)(H,65,66)(H,67,68)(H,69,70)(H,77,78)(H3,46,51,59,60,76)/t23-,24-,25-,26-,27-/m0/s1. The Morgan fingerprint density at radius 3 is 1.75 bits per heavy atom. The van der Waals surface area contributed by atoms with Gasteiger partial charge in [-0.1, -0.05) is 0 Å². The number of aromatic nitrogens is 4. The lowest BCUT2D eigenvalue weighted by Gasteiger charge is -2.21. The smallest absolute Gasteiger partial charge is 0.327 e. The number of anilines is 2. The number of aliphatic carboxylic acids is 4. The fourth-order valence-corrected chi connectivity index (χ4v) is 6.70. The molecular formula is C44H58N16O18S. The number of carbonyl (C=O) groups excluding carboxylic acids is 9. The third-order valence-electron chi connectivity index (χ3n) is 10.5. The number of nitrogens with two attached hydrogens (primary N) is 2. The van der Waals surface area contributed by atoms with E-state index in [0.29, 0.717) is 16.9 Å². The molecule has 3 rings (SSSR count). The second-order valence-corrected chi connectivity index (χ2v) is 17.1. The number of nitrogens with zero attached hydrogens (tertiary/aromatic N) is 3. The van der Waals surface area contributed by atoms with Crippen LogP contribution in [0.25, 0.3) is 11.2 Å². The van der Waals surface area contributed by atoms with Crippen LogP contribution >= 0.6 is 12.6 Å². The molecule has 0 unspecified atom stereocenters. The van der Waals surface area contributed by atoms with Gasteiger partial charge in [0.25, 0.3) is 11.5 Å². The second kappa shape index (κ2) is 32.1. The van der Waals surface area contributed by atoms with Crippen molar-refractivity contribution in [1.82, 2.24) is 67.8 Å². The van der Waals surface area contributed by atoms with Crippen molar-refractivity contribution in [1.29, 1.82) is 0 Å². The van der Waals surface area contributed by atoms with E-state index in [9.17, 15) is 77.3 Å². The van der Waals surface area contributed by atoms with Gasteiger partial charge in [0.1, 0.15) is 30.2 Å². The zero-order valence-electron chi connectivity index (χ0n) is 41.6. The molecule has 9 amide bonds. The highest BCUT2D eigenvalue weighted by Crippen LogP contribution is 2.12. The number of benzene rings is 1. The van der Waals surface area contributed by atoms with Crippen molar-refractivity contribution < 1.29 is 82.8 Å². The van der Waals surface area contributed by atoms with Gasteiger partial charge in [0, 0.05) is 49.4 Å². The third kappa shape index (κ3) is 23.5. The minimum Gasteiger partial charge on any atom is -0.481 e. The van der Waals surface area contributed by atoms with Gasteiger partial charge in [-0.05, 0) is 43.5 Å². The lowest BCUT2D eigenvalue weighted by atomic mass is 10.1. The zero-order valence-corrected chi connectivity index (χ0v) is 42.5. The highest BCUT2D eigenvalue weighted by atomic mass is 32.1. The van der Waals surface area contributed by atoms with Gasteiger partial charge >= 0.3 is 23.9 Å². The molecule has 0 fully saturated rings. The van der Waals surface area contributed by atoms with Crippen molar-refractivity contribution in [2.75, 3.05) is 49.5 Å². The number of hydrogen-bond donors (Lipinski definition) is 18. The van der Waals surface area contributed by atoms with E-state index < -0.39 is 171 Å². The first kappa shape index (κ1) is 63.8. The van der Waals surface area contributed by atoms with Gasteiger partial charge in [0.2, 0.25) is 53.2 Å². The maximum atomic E-state index is 13.0. The number of fused-ring (bicyclic) bond motifs is 1. The topological polar surface area (TPSA) is 547 Å². The van der Waals surface area contributed by atoms with Crippen LogP contribution in [0.15, 0.2) is 35.3 Å². The average molecular weight is 1130 g/mol. The monoisotopic (exact) mass is 1130 g/mol. The van der Waals surface area contributed by atoms with Crippen molar-refractivity contribution in [3.8, 4) is 0 Å². The number of aromatic amines is 1. The molecule has 0 spiro atoms. The molecule has 0 bridgehead atoms. The summed E-state index contributed by atoms with van der Waals surface area (Å²) >= 11 is 3.78. The SMILES string of the molecule is Nc1nc2ncc(CNc3ccc(C(=O)NCCCC(=O)NCC(=O)N[C@@H](CCC(=O)O)C(=O)NCC(=O)N[C@@H](CCC(=O)O)C(=O)NCC(=O)NC[C@H](N)C(=O)N[C@@H](CC(=O)O)C(=O)N[C@@H](CS)C(=O)O)cc3)nc2c(=O)[nH]1. The Kier molecular flexibility index (Phi) is 25.9. The molecule has 2 aromatic heterocycles. The Bertz CT molecular complexity index is 2820. The molecule has 428 valence electrons. The maximum Gasteiger partial charge on any atom is 0.327 e. The number of rotatable bonds is 34. The third-order valence-corrected chi connectivity index (χ3v) is 10.9. The molecule has 0 saturated carbocycles. The van der Waals surface area contributed by atoms with Crippen LogP contribution in [0.2, 0.25) is 0 Å². The van der Waals surface area contributed by atoms with E-state index in [0.717, 1.165) is 0 Å². The summed E-state index contributed by atoms with van der Waals surface area (Å²) in [4.78, 5) is 186. The van der Waals surface area contributed by atoms with E-state index in [1.807, 2.05) is 10.6 Å². The molecule has 0 aliphatic carbocycles. The zero-order chi connectivity index (χ0) is 58.8. The lowest BCUT2D eigenvalue weighted by molar-refractivity contribution is -0.143. The summed E-state index contributed by atoms with van der Waals surface area (Å²) in [6.45, 7) is -2.77. The Hall–Kier alpha value is -9.54. The van der Waals surface area contributed by atoms with Crippen LogP contribution in [0.4, 0.5) is 11.6 Å². The van der Waals surface area contributed by atoms with Gasteiger partial charge in [-0.3, -0.25) is 67.3 Å². The number of carbonyl (C=O) groups is 13. The van der Waals surface area contributed by atoms with Crippen molar-refractivity contribution in [2.45, 2.75) is 81.7 Å². The molecule has 5 atom stereocenters. The summed E-state index contributed by atoms with van der Waals surface area (Å²) < 4.78 is 0. The minimum absolute atomic E-state index is 0.0176. The van der Waals surface area contributed by atoms with Gasteiger partial charge in [-0.25, -0.2) is 14.8 Å². The number of amides is 9. The number of nitrogen functional groups attached to an aromatic ring is 1. The molecule has 1 aromatic carbocycles. The van der Waals surface area contributed by atoms with E-state index >= 15 is 0 Å². The number of carboxylic acids is 4. The Morgan fingerprint density at radius 1 is 0.620 bits per heavy atom. The molecule has 79 heavy (non-hydrogen) atoms. The number of thiol groups is 1. The van der Waals surface area contributed by atoms with Gasteiger partial charge in [-0.2, -0.15) is 17.6 Å². The maximum absolute atomic E-state index is 13.0. The predicted octanol–water partition coefficient (Wildman–Crippen LogP) is -6.63. The molecule has 0 radical (unpaired) electrons. The van der Waals surface area contributed by atoms with Crippen LogP contribution in [0.1, 0.15) is 61.0 Å². The van der Waals surface area contributed by atoms with Crippen LogP contribution in [0.5, 0.6) is 0 Å². The first-order valence-electron chi connectivity index (χ1n) is 23.5. The van der Waals surface area contributed by atoms with Crippen molar-refractivity contribution >= 4 is 112 Å². The summed E-state index contributed by atoms with van der Waals surface area (Å²) in [5, 5.41) is 59.7. The summed E-state index contributed by atoms with van der Waals surface area (Å²) in [7, 11) is 0. The van der Waals surface area contributed by atoms with E-state index in [1.54, 1.807) is 24.3 Å². The molecule has 0 saturated heterocycles. The number of carboxylic acid groups (broad SMARTS) is 4. The number of H-pyrrole nitrogens is 1. The quantitative estimate of drug-likeness (QED) is 0.0195. The largest absolute Gasteiger partial charge is 0.481 e. The van der Waals surface area contributed by atoms with Crippen molar-refractivity contribution in [2.24, 2.45) is 5.73 Å². The van der Waals surface area contributed by atoms with E-state index in [1.165, 1.54) is 6.20 Å². The molecule has 0 aliphatic rings. The Balaban J connectivity index is 1.42. The summed E-state index contributed by atoms with van der Waals surface area (Å²) in [6, 6.07) is -1.74. The highest BCUT2D eigenvalue weighted by molar-refractivity contribution is 7.80. The molecule has 35 heteroatoms. The van der Waals surface area contributed by atoms with Gasteiger partial charge < -0.3 is 85.1 Å². The van der Waals surface area contributed by atoms with Crippen molar-refractivity contribution in [3.05, 3.63) is 52.1 Å². The summed E-state index contributed by atoms with van der Waals surface area (Å²) in [5.41, 5.74) is 12.2. The first-order valence-corrected chi connectivity index (χ1v) is 24.1. The molecule has 34 nitrogen and oxygen atoms in total. The minimum atomic E-state index is -1.79. The molecule has 3 aromatic rings. The van der Waals surface area contributed by atoms with Crippen LogP contribution in [0, 0.1) is 0 Å². The first-order chi connectivity index (χ1) is 37.3. The molecule has 0 aliphatic heterocycles. The summed E-state index contributed by atoms with van der Waals surface area (Å²) in [6.07, 6.45) is -1.85. The fourth-order valence-electron chi connectivity index (χ4n) is 6.45. The Labute approximate surface area is 450 Å². The van der Waals surface area contributed by atoms with Gasteiger partial charge in [0.15, 0.2) is 11.2 Å². The number of hydrogen-bond acceptors (Lipinski definition) is 21. The fraction of sp³-hybridized carbons (Fsp3) is 0.432. The highest BCUT2D eigenvalue weighted by Gasteiger charge is 2.30. The number of nitrogens with one attached hydrogen (secondary N) is 11. The van der Waals surface area contributed by atoms with Crippen molar-refractivity contribution in [3.63, 3.8) is 0 Å². The van der Waals surface area contributed by atoms with E-state index in [4.69, 9.17) is 21.7 Å². The van der Waals surface area contributed by atoms with Crippen LogP contribution < -0.4 is 70.2 Å². The second-order valence-electron chi connectivity index (χ2n) is 16.7. The van der Waals surface area contributed by atoms with Crippen LogP contribution in [0.3, 0.4) is 0 Å². The lowest BCUT2D eigenvalue weighted by Crippen LogP contribution is -2.57. The van der Waals surface area contributed by atoms with Gasteiger partial charge in [0.05, 0.1) is 44.5 Å². The molecule has 19 N–H and O–H groups in total. The van der Waals surface area contributed by atoms with E-state index in [2.05, 4.69) is 75.1 Å². The molecular weight excluding hydrogens is 1070 g/mol. The van der Waals surface area contributed by atoms with E-state index in [-0.39, 0.29) is 48.8 Å². The van der Waals surface area contributed by atoms with Crippen LogP contribution in [-0.4, -0.2) is 186 Å². The summed E-state index contributed by atoms with van der Waals surface area (Å²) in [5.74, 6) is -14.8. The van der Waals surface area contributed by atoms with Gasteiger partial charge in [-0.15, -0.1) is 0 Å². The van der Waals surface area contributed by atoms with Crippen LogP contribution in [-0.2, 0) is 64.1 Å². The molecule has 2 heterocycles. The normalized spacial score (nSPS) is 12.6. The average Bonchev–Trinajstić information content (AvgIpc) is 3.41.